The lowest BCUT2D eigenvalue weighted by Crippen LogP contribution is -2.37. The molecular weight excluding hydrogens is 295 g/mol. The predicted molar refractivity (Wildman–Crippen MR) is 78.1 cm³/mol. The molecule has 0 saturated carbocycles. The van der Waals surface area contributed by atoms with Crippen molar-refractivity contribution in [3.8, 4) is 0 Å². The van der Waals surface area contributed by atoms with Gasteiger partial charge in [0, 0.05) is 29.7 Å². The maximum Gasteiger partial charge on any atom is 0.127 e. The first-order chi connectivity index (χ1) is 8.30. The van der Waals surface area contributed by atoms with Gasteiger partial charge in [-0.3, -0.25) is 0 Å². The summed E-state index contributed by atoms with van der Waals surface area (Å²) in [4.78, 5) is 2.17. The summed E-state index contributed by atoms with van der Waals surface area (Å²) in [6.07, 6.45) is 0. The van der Waals surface area contributed by atoms with Gasteiger partial charge in [-0.05, 0) is 37.7 Å². The quantitative estimate of drug-likeness (QED) is 0.866. The molecule has 1 aromatic carbocycles. The minimum Gasteiger partial charge on any atom is -0.312 e. The lowest BCUT2D eigenvalue weighted by atomic mass is 9.93. The number of benzene rings is 1. The largest absolute Gasteiger partial charge is 0.312 e. The fraction of sp³-hybridized carbons (Fsp3) is 0.571. The molecule has 0 atom stereocenters. The molecule has 0 aromatic heterocycles. The van der Waals surface area contributed by atoms with Crippen molar-refractivity contribution in [1.29, 1.82) is 0 Å². The second kappa shape index (κ2) is 6.64. The van der Waals surface area contributed by atoms with Crippen LogP contribution in [-0.2, 0) is 6.54 Å². The number of nitrogens with one attached hydrogen (secondary N) is 1. The highest BCUT2D eigenvalue weighted by atomic mass is 79.9. The summed E-state index contributed by atoms with van der Waals surface area (Å²) in [5.41, 5.74) is 0.872. The minimum atomic E-state index is -0.156. The number of rotatable bonds is 6. The molecule has 4 heteroatoms. The van der Waals surface area contributed by atoms with Crippen LogP contribution in [0, 0.1) is 11.2 Å². The first-order valence-electron chi connectivity index (χ1n) is 6.09. The number of halogens is 2. The molecule has 0 unspecified atom stereocenters. The van der Waals surface area contributed by atoms with Gasteiger partial charge in [-0.2, -0.15) is 0 Å². The van der Waals surface area contributed by atoms with Crippen molar-refractivity contribution in [1.82, 2.24) is 10.2 Å². The van der Waals surface area contributed by atoms with Crippen LogP contribution in [0.25, 0.3) is 0 Å². The molecule has 0 saturated heterocycles. The summed E-state index contributed by atoms with van der Waals surface area (Å²) in [5.74, 6) is -0.156. The van der Waals surface area contributed by atoms with Crippen molar-refractivity contribution in [2.45, 2.75) is 20.4 Å². The Morgan fingerprint density at radius 1 is 1.33 bits per heavy atom. The maximum atomic E-state index is 13.5. The highest BCUT2D eigenvalue weighted by Crippen LogP contribution is 2.17. The van der Waals surface area contributed by atoms with Gasteiger partial charge in [0.2, 0.25) is 0 Å². The molecule has 0 aliphatic rings. The van der Waals surface area contributed by atoms with Gasteiger partial charge < -0.3 is 10.2 Å². The highest BCUT2D eigenvalue weighted by molar-refractivity contribution is 9.10. The fourth-order valence-corrected chi connectivity index (χ4v) is 2.53. The van der Waals surface area contributed by atoms with Crippen LogP contribution in [0.5, 0.6) is 0 Å². The normalized spacial score (nSPS) is 12.2. The van der Waals surface area contributed by atoms with Crippen LogP contribution in [0.4, 0.5) is 4.39 Å². The van der Waals surface area contributed by atoms with Crippen molar-refractivity contribution < 1.29 is 4.39 Å². The molecule has 0 fully saturated rings. The van der Waals surface area contributed by atoms with Crippen LogP contribution in [0.3, 0.4) is 0 Å². The molecule has 0 heterocycles. The Labute approximate surface area is 118 Å². The van der Waals surface area contributed by atoms with E-state index in [0.29, 0.717) is 12.1 Å². The smallest absolute Gasteiger partial charge is 0.127 e. The first-order valence-corrected chi connectivity index (χ1v) is 6.89. The molecule has 0 radical (unpaired) electrons. The van der Waals surface area contributed by atoms with Crippen LogP contribution in [0.2, 0.25) is 0 Å². The van der Waals surface area contributed by atoms with Gasteiger partial charge in [-0.15, -0.1) is 0 Å². The predicted octanol–water partition coefficient (Wildman–Crippen LogP) is 3.27. The second-order valence-corrected chi connectivity index (χ2v) is 6.66. The van der Waals surface area contributed by atoms with Gasteiger partial charge >= 0.3 is 0 Å². The Balaban J connectivity index is 2.48. The summed E-state index contributed by atoms with van der Waals surface area (Å²) < 4.78 is 14.4. The van der Waals surface area contributed by atoms with Crippen LogP contribution >= 0.6 is 15.9 Å². The fourth-order valence-electron chi connectivity index (χ4n) is 2.13. The van der Waals surface area contributed by atoms with Crippen LogP contribution in [0.15, 0.2) is 22.7 Å². The standard InChI is InChI=1S/C14H22BrFN2/c1-14(2,10-18(3)4)9-17-8-11-7-12(15)5-6-13(11)16/h5-7,17H,8-10H2,1-4H3. The molecule has 102 valence electrons. The summed E-state index contributed by atoms with van der Waals surface area (Å²) >= 11 is 3.36. The Morgan fingerprint density at radius 3 is 2.61 bits per heavy atom. The molecule has 0 aliphatic heterocycles. The molecule has 18 heavy (non-hydrogen) atoms. The van der Waals surface area contributed by atoms with Crippen molar-refractivity contribution in [2.75, 3.05) is 27.2 Å². The van der Waals surface area contributed by atoms with E-state index in [1.807, 2.05) is 6.07 Å². The van der Waals surface area contributed by atoms with E-state index < -0.39 is 0 Å². The zero-order valence-electron chi connectivity index (χ0n) is 11.6. The molecule has 0 amide bonds. The first kappa shape index (κ1) is 15.6. The van der Waals surface area contributed by atoms with Gasteiger partial charge in [-0.25, -0.2) is 4.39 Å². The van der Waals surface area contributed by atoms with Crippen molar-refractivity contribution in [2.24, 2.45) is 5.41 Å². The zero-order chi connectivity index (χ0) is 13.8. The van der Waals surface area contributed by atoms with E-state index in [2.05, 4.69) is 54.1 Å². The van der Waals surface area contributed by atoms with E-state index in [0.717, 1.165) is 17.6 Å². The number of hydrogen-bond acceptors (Lipinski definition) is 2. The Morgan fingerprint density at radius 2 is 2.00 bits per heavy atom. The summed E-state index contributed by atoms with van der Waals surface area (Å²) in [7, 11) is 4.13. The van der Waals surface area contributed by atoms with Gasteiger partial charge in [0.25, 0.3) is 0 Å². The molecule has 0 spiro atoms. The molecule has 2 nitrogen and oxygen atoms in total. The molecule has 0 bridgehead atoms. The van der Waals surface area contributed by atoms with Crippen LogP contribution in [0.1, 0.15) is 19.4 Å². The third kappa shape index (κ3) is 5.46. The van der Waals surface area contributed by atoms with Gasteiger partial charge in [0.05, 0.1) is 0 Å². The van der Waals surface area contributed by atoms with E-state index in [4.69, 9.17) is 0 Å². The lowest BCUT2D eigenvalue weighted by molar-refractivity contribution is 0.232. The van der Waals surface area contributed by atoms with Crippen molar-refractivity contribution >= 4 is 15.9 Å². The number of hydrogen-bond donors (Lipinski definition) is 1. The molecule has 1 aromatic rings. The van der Waals surface area contributed by atoms with Crippen LogP contribution < -0.4 is 5.32 Å². The van der Waals surface area contributed by atoms with E-state index in [1.54, 1.807) is 6.07 Å². The lowest BCUT2D eigenvalue weighted by Gasteiger charge is -2.28. The minimum absolute atomic E-state index is 0.156. The van der Waals surface area contributed by atoms with E-state index in [1.165, 1.54) is 6.07 Å². The van der Waals surface area contributed by atoms with E-state index in [9.17, 15) is 4.39 Å². The average Bonchev–Trinajstić information content (AvgIpc) is 2.21. The Kier molecular flexibility index (Phi) is 5.76. The third-order valence-electron chi connectivity index (χ3n) is 2.67. The molecule has 1 N–H and O–H groups in total. The topological polar surface area (TPSA) is 15.3 Å². The Hall–Kier alpha value is -0.450. The number of nitrogens with zero attached hydrogens (tertiary/aromatic N) is 1. The van der Waals surface area contributed by atoms with Gasteiger partial charge in [0.15, 0.2) is 0 Å². The molecule has 1 rings (SSSR count). The zero-order valence-corrected chi connectivity index (χ0v) is 13.1. The monoisotopic (exact) mass is 316 g/mol. The highest BCUT2D eigenvalue weighted by Gasteiger charge is 2.18. The maximum absolute atomic E-state index is 13.5. The van der Waals surface area contributed by atoms with Crippen molar-refractivity contribution in [3.05, 3.63) is 34.1 Å². The summed E-state index contributed by atoms with van der Waals surface area (Å²) in [6, 6.07) is 5.03. The van der Waals surface area contributed by atoms with Crippen molar-refractivity contribution in [3.63, 3.8) is 0 Å². The van der Waals surface area contributed by atoms with Gasteiger partial charge in [0.1, 0.15) is 5.82 Å². The van der Waals surface area contributed by atoms with Crippen LogP contribution in [-0.4, -0.2) is 32.1 Å². The molecular formula is C14H22BrFN2. The summed E-state index contributed by atoms with van der Waals surface area (Å²) in [5, 5.41) is 3.33. The average molecular weight is 317 g/mol. The third-order valence-corrected chi connectivity index (χ3v) is 3.16. The van der Waals surface area contributed by atoms with Gasteiger partial charge in [-0.1, -0.05) is 29.8 Å². The second-order valence-electron chi connectivity index (χ2n) is 5.74. The SMILES string of the molecule is CN(C)CC(C)(C)CNCc1cc(Br)ccc1F. The molecule has 0 aliphatic carbocycles. The van der Waals surface area contributed by atoms with E-state index in [-0.39, 0.29) is 11.2 Å². The summed E-state index contributed by atoms with van der Waals surface area (Å²) in [6.45, 7) is 6.83. The van der Waals surface area contributed by atoms with E-state index >= 15 is 0 Å². The Bertz CT molecular complexity index is 391.